The molecule has 0 amide bonds. The van der Waals surface area contributed by atoms with E-state index in [1.165, 1.54) is 12.1 Å². The van der Waals surface area contributed by atoms with Gasteiger partial charge in [-0.3, -0.25) is 0 Å². The van der Waals surface area contributed by atoms with Gasteiger partial charge in [0.2, 0.25) is 11.5 Å². The van der Waals surface area contributed by atoms with Gasteiger partial charge in [-0.2, -0.15) is 0 Å². The Morgan fingerprint density at radius 2 is 1.39 bits per heavy atom. The zero-order valence-electron chi connectivity index (χ0n) is 11.8. The van der Waals surface area contributed by atoms with Crippen molar-refractivity contribution in [3.05, 3.63) is 60.7 Å². The summed E-state index contributed by atoms with van der Waals surface area (Å²) in [6.07, 6.45) is 0. The van der Waals surface area contributed by atoms with Crippen molar-refractivity contribution in [1.29, 1.82) is 0 Å². The number of furan rings is 1. The molecule has 0 atom stereocenters. The quantitative estimate of drug-likeness (QED) is 0.682. The summed E-state index contributed by atoms with van der Waals surface area (Å²) in [5.41, 5.74) is 0.505. The van der Waals surface area contributed by atoms with Crippen LogP contribution in [0.2, 0.25) is 0 Å². The minimum Gasteiger partial charge on any atom is -0.502 e. The predicted molar refractivity (Wildman–Crippen MR) is 84.7 cm³/mol. The van der Waals surface area contributed by atoms with Gasteiger partial charge in [0.1, 0.15) is 0 Å². The standard InChI is InChI=1S/C16H13NO5S/c18-13-14(19)16(22-15(13)11-7-3-1-4-8-11)17-23(20,21)12-9-5-2-6-10-12/h1-10,17-19H. The summed E-state index contributed by atoms with van der Waals surface area (Å²) in [6.45, 7) is 0. The summed E-state index contributed by atoms with van der Waals surface area (Å²) < 4.78 is 31.9. The van der Waals surface area contributed by atoms with Crippen LogP contribution in [-0.4, -0.2) is 18.6 Å². The lowest BCUT2D eigenvalue weighted by Gasteiger charge is -2.05. The van der Waals surface area contributed by atoms with Gasteiger partial charge in [0.05, 0.1) is 4.90 Å². The zero-order valence-corrected chi connectivity index (χ0v) is 12.6. The van der Waals surface area contributed by atoms with Gasteiger partial charge in [-0.05, 0) is 12.1 Å². The van der Waals surface area contributed by atoms with Crippen molar-refractivity contribution in [2.24, 2.45) is 0 Å². The van der Waals surface area contributed by atoms with Crippen molar-refractivity contribution < 1.29 is 23.0 Å². The van der Waals surface area contributed by atoms with Crippen LogP contribution in [0.15, 0.2) is 70.0 Å². The van der Waals surface area contributed by atoms with E-state index in [0.29, 0.717) is 5.56 Å². The second-order valence-corrected chi connectivity index (χ2v) is 6.42. The summed E-state index contributed by atoms with van der Waals surface area (Å²) >= 11 is 0. The Labute approximate surface area is 132 Å². The molecular formula is C16H13NO5S. The van der Waals surface area contributed by atoms with Crippen molar-refractivity contribution in [2.75, 3.05) is 4.72 Å². The molecule has 0 unspecified atom stereocenters. The molecule has 0 saturated heterocycles. The smallest absolute Gasteiger partial charge is 0.264 e. The Hall–Kier alpha value is -2.93. The van der Waals surface area contributed by atoms with Crippen molar-refractivity contribution >= 4 is 15.9 Å². The van der Waals surface area contributed by atoms with Gasteiger partial charge in [0, 0.05) is 5.56 Å². The summed E-state index contributed by atoms with van der Waals surface area (Å²) in [7, 11) is -3.94. The van der Waals surface area contributed by atoms with Crippen LogP contribution in [0.1, 0.15) is 0 Å². The van der Waals surface area contributed by atoms with Crippen LogP contribution < -0.4 is 4.72 Å². The monoisotopic (exact) mass is 331 g/mol. The highest BCUT2D eigenvalue weighted by Crippen LogP contribution is 2.45. The molecule has 3 aromatic rings. The molecule has 3 N–H and O–H groups in total. The Kier molecular flexibility index (Phi) is 3.71. The summed E-state index contributed by atoms with van der Waals surface area (Å²) in [4.78, 5) is 0.0107. The highest BCUT2D eigenvalue weighted by molar-refractivity contribution is 7.92. The van der Waals surface area contributed by atoms with E-state index in [0.717, 1.165) is 0 Å². The molecule has 2 aromatic carbocycles. The van der Waals surface area contributed by atoms with E-state index in [9.17, 15) is 18.6 Å². The Bertz CT molecular complexity index is 918. The number of nitrogens with one attached hydrogen (secondary N) is 1. The van der Waals surface area contributed by atoms with E-state index < -0.39 is 27.4 Å². The second-order valence-electron chi connectivity index (χ2n) is 4.74. The van der Waals surface area contributed by atoms with Crippen molar-refractivity contribution in [3.8, 4) is 22.8 Å². The number of aromatic hydroxyl groups is 2. The minimum atomic E-state index is -3.94. The number of benzene rings is 2. The van der Waals surface area contributed by atoms with Crippen molar-refractivity contribution in [3.63, 3.8) is 0 Å². The van der Waals surface area contributed by atoms with E-state index in [1.807, 2.05) is 0 Å². The van der Waals surface area contributed by atoms with Crippen LogP contribution in [0.4, 0.5) is 5.88 Å². The average molecular weight is 331 g/mol. The highest BCUT2D eigenvalue weighted by atomic mass is 32.2. The topological polar surface area (TPSA) is 99.8 Å². The highest BCUT2D eigenvalue weighted by Gasteiger charge is 2.25. The maximum absolute atomic E-state index is 12.2. The third-order valence-corrected chi connectivity index (χ3v) is 4.52. The summed E-state index contributed by atoms with van der Waals surface area (Å²) in [5.74, 6) is -1.65. The first kappa shape index (κ1) is 15.0. The maximum atomic E-state index is 12.2. The van der Waals surface area contributed by atoms with E-state index in [-0.39, 0.29) is 10.7 Å². The molecule has 6 nitrogen and oxygen atoms in total. The van der Waals surface area contributed by atoms with E-state index in [4.69, 9.17) is 4.42 Å². The third-order valence-electron chi connectivity index (χ3n) is 3.18. The molecule has 0 fully saturated rings. The van der Waals surface area contributed by atoms with E-state index >= 15 is 0 Å². The number of hydrogen-bond acceptors (Lipinski definition) is 5. The SMILES string of the molecule is O=S(=O)(Nc1oc(-c2ccccc2)c(O)c1O)c1ccccc1. The average Bonchev–Trinajstić information content (AvgIpc) is 2.84. The van der Waals surface area contributed by atoms with Crippen LogP contribution in [0.25, 0.3) is 11.3 Å². The number of sulfonamides is 1. The molecule has 0 aliphatic rings. The lowest BCUT2D eigenvalue weighted by atomic mass is 10.1. The molecular weight excluding hydrogens is 318 g/mol. The van der Waals surface area contributed by atoms with E-state index in [1.54, 1.807) is 48.5 Å². The molecule has 0 saturated carbocycles. The first-order valence-electron chi connectivity index (χ1n) is 6.67. The molecule has 0 aliphatic heterocycles. The lowest BCUT2D eigenvalue weighted by molar-refractivity contribution is 0.410. The molecule has 0 aliphatic carbocycles. The van der Waals surface area contributed by atoms with E-state index in [2.05, 4.69) is 4.72 Å². The molecule has 23 heavy (non-hydrogen) atoms. The van der Waals surface area contributed by atoms with Gasteiger partial charge in [-0.15, -0.1) is 0 Å². The third kappa shape index (κ3) is 2.86. The Balaban J connectivity index is 1.99. The fourth-order valence-electron chi connectivity index (χ4n) is 2.05. The molecule has 1 heterocycles. The largest absolute Gasteiger partial charge is 0.502 e. The molecule has 3 rings (SSSR count). The molecule has 1 aromatic heterocycles. The maximum Gasteiger partial charge on any atom is 0.264 e. The second kappa shape index (κ2) is 5.69. The predicted octanol–water partition coefficient (Wildman–Crippen LogP) is 3.16. The molecule has 0 bridgehead atoms. The van der Waals surface area contributed by atoms with Gasteiger partial charge in [-0.25, -0.2) is 13.1 Å². The first-order chi connectivity index (χ1) is 11.0. The fraction of sp³-hybridized carbons (Fsp3) is 0. The normalized spacial score (nSPS) is 11.3. The van der Waals surface area contributed by atoms with Gasteiger partial charge in [0.25, 0.3) is 15.9 Å². The summed E-state index contributed by atoms with van der Waals surface area (Å²) in [6, 6.07) is 16.2. The Morgan fingerprint density at radius 1 is 0.826 bits per heavy atom. The van der Waals surface area contributed by atoms with Crippen molar-refractivity contribution in [2.45, 2.75) is 4.90 Å². The Morgan fingerprint density at radius 3 is 2.00 bits per heavy atom. The van der Waals surface area contributed by atoms with Crippen molar-refractivity contribution in [1.82, 2.24) is 0 Å². The van der Waals surface area contributed by atoms with Crippen LogP contribution in [0.3, 0.4) is 0 Å². The molecule has 118 valence electrons. The fourth-order valence-corrected chi connectivity index (χ4v) is 3.06. The van der Waals surface area contributed by atoms with Crippen LogP contribution in [0.5, 0.6) is 11.5 Å². The lowest BCUT2D eigenvalue weighted by Crippen LogP contribution is -2.12. The van der Waals surface area contributed by atoms with Crippen LogP contribution in [0, 0.1) is 0 Å². The van der Waals surface area contributed by atoms with Crippen LogP contribution in [-0.2, 0) is 10.0 Å². The number of rotatable bonds is 4. The van der Waals surface area contributed by atoms with Gasteiger partial charge < -0.3 is 14.6 Å². The number of anilines is 1. The number of hydrogen-bond donors (Lipinski definition) is 3. The van der Waals surface area contributed by atoms with Gasteiger partial charge >= 0.3 is 0 Å². The minimum absolute atomic E-state index is 0.0107. The zero-order chi connectivity index (χ0) is 16.4. The molecule has 7 heteroatoms. The first-order valence-corrected chi connectivity index (χ1v) is 8.15. The molecule has 0 spiro atoms. The van der Waals surface area contributed by atoms with Gasteiger partial charge in [-0.1, -0.05) is 48.5 Å². The molecule has 0 radical (unpaired) electrons. The van der Waals surface area contributed by atoms with Gasteiger partial charge in [0.15, 0.2) is 5.76 Å². The summed E-state index contributed by atoms with van der Waals surface area (Å²) in [5, 5.41) is 19.9. The van der Waals surface area contributed by atoms with Crippen LogP contribution >= 0.6 is 0 Å².